The third-order valence-corrected chi connectivity index (χ3v) is 3.25. The van der Waals surface area contributed by atoms with Gasteiger partial charge in [-0.2, -0.15) is 0 Å². The van der Waals surface area contributed by atoms with Gasteiger partial charge in [-0.15, -0.1) is 15.3 Å². The van der Waals surface area contributed by atoms with Crippen LogP contribution in [0.4, 0.5) is 0 Å². The number of rotatable bonds is 3. The summed E-state index contributed by atoms with van der Waals surface area (Å²) in [6.45, 7) is 0. The number of hydrogen-bond donors (Lipinski definition) is 2. The molecule has 0 amide bonds. The minimum Gasteiger partial charge on any atom is -0.406 e. The first kappa shape index (κ1) is 12.1. The SMILES string of the molecule is Nn1c(Sc2nnc(S)o2)nnc1-c1ccccc1. The second-order valence-corrected chi connectivity index (χ2v) is 4.80. The Balaban J connectivity index is 1.91. The summed E-state index contributed by atoms with van der Waals surface area (Å²) in [4.78, 5) is 0. The van der Waals surface area contributed by atoms with E-state index in [1.54, 1.807) is 0 Å². The third kappa shape index (κ3) is 2.42. The van der Waals surface area contributed by atoms with Gasteiger partial charge in [-0.3, -0.25) is 0 Å². The largest absolute Gasteiger partial charge is 0.406 e. The predicted octanol–water partition coefficient (Wildman–Crippen LogP) is 1.48. The van der Waals surface area contributed by atoms with E-state index < -0.39 is 0 Å². The molecule has 0 radical (unpaired) electrons. The summed E-state index contributed by atoms with van der Waals surface area (Å²) in [6.07, 6.45) is 0. The highest BCUT2D eigenvalue weighted by molar-refractivity contribution is 7.99. The van der Waals surface area contributed by atoms with Crippen molar-refractivity contribution >= 4 is 24.4 Å². The molecule has 0 spiro atoms. The van der Waals surface area contributed by atoms with Crippen LogP contribution in [-0.2, 0) is 0 Å². The summed E-state index contributed by atoms with van der Waals surface area (Å²) in [7, 11) is 0. The smallest absolute Gasteiger partial charge is 0.285 e. The summed E-state index contributed by atoms with van der Waals surface area (Å²) in [5.41, 5.74) is 0.879. The maximum Gasteiger partial charge on any atom is 0.285 e. The van der Waals surface area contributed by atoms with Crippen LogP contribution in [0.5, 0.6) is 0 Å². The number of nitrogens with two attached hydrogens (primary N) is 1. The molecule has 0 atom stereocenters. The molecule has 9 heteroatoms. The Morgan fingerprint density at radius 3 is 2.58 bits per heavy atom. The lowest BCUT2D eigenvalue weighted by Gasteiger charge is -2.01. The third-order valence-electron chi connectivity index (χ3n) is 2.27. The molecule has 3 aromatic rings. The van der Waals surface area contributed by atoms with Crippen molar-refractivity contribution < 1.29 is 4.42 Å². The van der Waals surface area contributed by atoms with Gasteiger partial charge in [0, 0.05) is 17.3 Å². The number of nitrogens with zero attached hydrogens (tertiary/aromatic N) is 5. The van der Waals surface area contributed by atoms with Gasteiger partial charge >= 0.3 is 0 Å². The summed E-state index contributed by atoms with van der Waals surface area (Å²) in [5, 5.41) is 16.4. The highest BCUT2D eigenvalue weighted by Gasteiger charge is 2.15. The van der Waals surface area contributed by atoms with E-state index in [0.717, 1.165) is 17.3 Å². The van der Waals surface area contributed by atoms with Crippen molar-refractivity contribution in [2.75, 3.05) is 5.84 Å². The van der Waals surface area contributed by atoms with E-state index in [2.05, 4.69) is 33.0 Å². The van der Waals surface area contributed by atoms with Crippen LogP contribution in [0.15, 0.2) is 50.4 Å². The van der Waals surface area contributed by atoms with E-state index in [0.29, 0.717) is 16.2 Å². The van der Waals surface area contributed by atoms with E-state index >= 15 is 0 Å². The molecular formula is C10H8N6OS2. The first-order valence-electron chi connectivity index (χ1n) is 5.20. The Labute approximate surface area is 117 Å². The average Bonchev–Trinajstić information content (AvgIpc) is 2.99. The van der Waals surface area contributed by atoms with Crippen molar-refractivity contribution in [2.45, 2.75) is 15.6 Å². The molecule has 0 saturated heterocycles. The van der Waals surface area contributed by atoms with Gasteiger partial charge in [-0.05, 0) is 0 Å². The zero-order chi connectivity index (χ0) is 13.2. The van der Waals surface area contributed by atoms with E-state index in [1.165, 1.54) is 4.68 Å². The van der Waals surface area contributed by atoms with Gasteiger partial charge in [0.25, 0.3) is 10.4 Å². The quantitative estimate of drug-likeness (QED) is 0.557. The molecule has 3 rings (SSSR count). The van der Waals surface area contributed by atoms with Crippen molar-refractivity contribution in [3.63, 3.8) is 0 Å². The Morgan fingerprint density at radius 1 is 1.11 bits per heavy atom. The highest BCUT2D eigenvalue weighted by atomic mass is 32.2. The molecule has 19 heavy (non-hydrogen) atoms. The summed E-state index contributed by atoms with van der Waals surface area (Å²) in [6, 6.07) is 9.54. The van der Waals surface area contributed by atoms with Crippen LogP contribution in [0.3, 0.4) is 0 Å². The zero-order valence-corrected chi connectivity index (χ0v) is 11.2. The molecule has 2 N–H and O–H groups in total. The molecule has 0 aliphatic carbocycles. The number of aromatic nitrogens is 5. The average molecular weight is 292 g/mol. The summed E-state index contributed by atoms with van der Waals surface area (Å²) in [5.74, 6) is 6.52. The predicted molar refractivity (Wildman–Crippen MR) is 71.3 cm³/mol. The van der Waals surface area contributed by atoms with E-state index in [1.807, 2.05) is 30.3 Å². The first-order chi connectivity index (χ1) is 9.24. The minimum absolute atomic E-state index is 0.189. The van der Waals surface area contributed by atoms with Gasteiger partial charge in [-0.25, -0.2) is 4.68 Å². The van der Waals surface area contributed by atoms with Crippen LogP contribution >= 0.6 is 24.4 Å². The maximum absolute atomic E-state index is 5.95. The molecule has 0 saturated carbocycles. The normalized spacial score (nSPS) is 10.8. The van der Waals surface area contributed by atoms with Crippen molar-refractivity contribution in [3.8, 4) is 11.4 Å². The lowest BCUT2D eigenvalue weighted by molar-refractivity contribution is 0.378. The summed E-state index contributed by atoms with van der Waals surface area (Å²) >= 11 is 5.06. The minimum atomic E-state index is 0.189. The fourth-order valence-electron chi connectivity index (χ4n) is 1.45. The molecule has 7 nitrogen and oxygen atoms in total. The van der Waals surface area contributed by atoms with Gasteiger partial charge in [0.15, 0.2) is 5.82 Å². The van der Waals surface area contributed by atoms with Crippen molar-refractivity contribution in [2.24, 2.45) is 0 Å². The molecule has 2 heterocycles. The van der Waals surface area contributed by atoms with Gasteiger partial charge in [-0.1, -0.05) is 48.1 Å². The van der Waals surface area contributed by atoms with Crippen LogP contribution in [-0.4, -0.2) is 25.1 Å². The second-order valence-electron chi connectivity index (χ2n) is 3.49. The Hall–Kier alpha value is -2.00. The Morgan fingerprint density at radius 2 is 1.89 bits per heavy atom. The van der Waals surface area contributed by atoms with E-state index in [-0.39, 0.29) is 5.22 Å². The maximum atomic E-state index is 5.95. The van der Waals surface area contributed by atoms with Crippen LogP contribution in [0.2, 0.25) is 0 Å². The van der Waals surface area contributed by atoms with E-state index in [4.69, 9.17) is 10.3 Å². The van der Waals surface area contributed by atoms with Crippen molar-refractivity contribution in [1.82, 2.24) is 25.1 Å². The van der Waals surface area contributed by atoms with E-state index in [9.17, 15) is 0 Å². The van der Waals surface area contributed by atoms with Crippen molar-refractivity contribution in [3.05, 3.63) is 30.3 Å². The number of nitrogen functional groups attached to an aromatic ring is 1. The first-order valence-corrected chi connectivity index (χ1v) is 6.46. The molecular weight excluding hydrogens is 284 g/mol. The summed E-state index contributed by atoms with van der Waals surface area (Å²) < 4.78 is 6.50. The van der Waals surface area contributed by atoms with Crippen LogP contribution in [0.1, 0.15) is 0 Å². The molecule has 0 unspecified atom stereocenters. The number of hydrogen-bond acceptors (Lipinski definition) is 8. The van der Waals surface area contributed by atoms with Crippen molar-refractivity contribution in [1.29, 1.82) is 0 Å². The van der Waals surface area contributed by atoms with Crippen LogP contribution < -0.4 is 5.84 Å². The monoisotopic (exact) mass is 292 g/mol. The standard InChI is InChI=1S/C10H8N6OS2/c11-16-7(6-4-2-1-3-5-6)12-13-8(16)19-10-15-14-9(18)17-10/h1-5H,11H2,(H,14,18). The number of thiol groups is 1. The molecule has 2 aromatic heterocycles. The highest BCUT2D eigenvalue weighted by Crippen LogP contribution is 2.27. The molecule has 0 bridgehead atoms. The van der Waals surface area contributed by atoms with Gasteiger partial charge in [0.1, 0.15) is 0 Å². The number of benzene rings is 1. The topological polar surface area (TPSA) is 95.7 Å². The fourth-order valence-corrected chi connectivity index (χ4v) is 2.27. The molecule has 96 valence electrons. The second kappa shape index (κ2) is 4.94. The Kier molecular flexibility index (Phi) is 3.13. The lowest BCUT2D eigenvalue weighted by atomic mass is 10.2. The molecule has 0 aliphatic rings. The molecule has 1 aromatic carbocycles. The molecule has 0 aliphatic heterocycles. The fraction of sp³-hybridized carbons (Fsp3) is 0. The van der Waals surface area contributed by atoms with Gasteiger partial charge in [0.2, 0.25) is 5.16 Å². The Bertz CT molecular complexity index is 695. The van der Waals surface area contributed by atoms with Gasteiger partial charge < -0.3 is 10.3 Å². The lowest BCUT2D eigenvalue weighted by Crippen LogP contribution is -2.11. The van der Waals surface area contributed by atoms with Gasteiger partial charge in [0.05, 0.1) is 0 Å². The zero-order valence-electron chi connectivity index (χ0n) is 9.46. The van der Waals surface area contributed by atoms with Crippen LogP contribution in [0, 0.1) is 0 Å². The van der Waals surface area contributed by atoms with Crippen LogP contribution in [0.25, 0.3) is 11.4 Å². The molecule has 0 fully saturated rings.